The fourth-order valence-corrected chi connectivity index (χ4v) is 2.80. The Morgan fingerprint density at radius 1 is 1.47 bits per heavy atom. The van der Waals surface area contributed by atoms with Crippen LogP contribution in [0, 0.1) is 6.92 Å². The fraction of sp³-hybridized carbons (Fsp3) is 0.250. The summed E-state index contributed by atoms with van der Waals surface area (Å²) in [4.78, 5) is 5.60. The van der Waals surface area contributed by atoms with Crippen LogP contribution in [0.2, 0.25) is 0 Å². The maximum absolute atomic E-state index is 5.70. The van der Waals surface area contributed by atoms with Gasteiger partial charge >= 0.3 is 0 Å². The van der Waals surface area contributed by atoms with Crippen molar-refractivity contribution in [2.75, 3.05) is 11.1 Å². The molecule has 0 fully saturated rings. The Bertz CT molecular complexity index is 524. The van der Waals surface area contributed by atoms with Crippen LogP contribution in [0.5, 0.6) is 0 Å². The van der Waals surface area contributed by atoms with Gasteiger partial charge in [0.05, 0.1) is 6.04 Å². The van der Waals surface area contributed by atoms with Crippen LogP contribution in [0.4, 0.5) is 11.4 Å². The second-order valence-electron chi connectivity index (χ2n) is 3.91. The average molecular weight is 312 g/mol. The molecule has 1 heterocycles. The van der Waals surface area contributed by atoms with Crippen molar-refractivity contribution >= 4 is 38.6 Å². The molecule has 3 nitrogen and oxygen atoms in total. The molecule has 0 radical (unpaired) electrons. The first-order chi connectivity index (χ1) is 8.06. The van der Waals surface area contributed by atoms with Crippen molar-refractivity contribution < 1.29 is 0 Å². The van der Waals surface area contributed by atoms with Gasteiger partial charge in [0.25, 0.3) is 0 Å². The Hall–Kier alpha value is -1.07. The molecule has 17 heavy (non-hydrogen) atoms. The first kappa shape index (κ1) is 12.4. The number of halogens is 1. The smallest absolute Gasteiger partial charge is 0.115 e. The summed E-state index contributed by atoms with van der Waals surface area (Å²) >= 11 is 5.20. The van der Waals surface area contributed by atoms with E-state index in [1.165, 1.54) is 4.88 Å². The molecule has 2 aromatic rings. The number of thiazole rings is 1. The third-order valence-electron chi connectivity index (χ3n) is 2.37. The van der Waals surface area contributed by atoms with Crippen LogP contribution in [0.25, 0.3) is 0 Å². The quantitative estimate of drug-likeness (QED) is 0.843. The average Bonchev–Trinajstić information content (AvgIpc) is 2.69. The van der Waals surface area contributed by atoms with Crippen LogP contribution >= 0.6 is 27.3 Å². The highest BCUT2D eigenvalue weighted by molar-refractivity contribution is 9.10. The fourth-order valence-electron chi connectivity index (χ4n) is 1.52. The molecular formula is C12H14BrN3S. The van der Waals surface area contributed by atoms with E-state index in [-0.39, 0.29) is 6.04 Å². The van der Waals surface area contributed by atoms with E-state index in [0.717, 1.165) is 20.9 Å². The van der Waals surface area contributed by atoms with Crippen molar-refractivity contribution in [3.63, 3.8) is 0 Å². The zero-order valence-corrected chi connectivity index (χ0v) is 12.1. The lowest BCUT2D eigenvalue weighted by Gasteiger charge is -2.14. The molecule has 1 atom stereocenters. The van der Waals surface area contributed by atoms with Gasteiger partial charge in [0.1, 0.15) is 5.01 Å². The number of nitrogens with zero attached hydrogens (tertiary/aromatic N) is 1. The highest BCUT2D eigenvalue weighted by atomic mass is 79.9. The molecule has 1 aromatic carbocycles. The molecule has 0 aliphatic carbocycles. The predicted octanol–water partition coefficient (Wildman–Crippen LogP) is 3.97. The lowest BCUT2D eigenvalue weighted by molar-refractivity contribution is 0.869. The third kappa shape index (κ3) is 2.98. The normalized spacial score (nSPS) is 12.4. The molecule has 5 heteroatoms. The summed E-state index contributed by atoms with van der Waals surface area (Å²) in [5, 5.41) is 4.50. The van der Waals surface area contributed by atoms with Crippen molar-refractivity contribution in [2.24, 2.45) is 0 Å². The molecule has 1 aromatic heterocycles. The number of nitrogens with two attached hydrogens (primary N) is 1. The molecule has 90 valence electrons. The van der Waals surface area contributed by atoms with Gasteiger partial charge < -0.3 is 11.1 Å². The molecule has 0 amide bonds. The number of rotatable bonds is 3. The van der Waals surface area contributed by atoms with Gasteiger partial charge in [0.2, 0.25) is 0 Å². The summed E-state index contributed by atoms with van der Waals surface area (Å²) in [5.74, 6) is 0. The molecule has 0 bridgehead atoms. The lowest BCUT2D eigenvalue weighted by Crippen LogP contribution is -2.06. The maximum atomic E-state index is 5.70. The van der Waals surface area contributed by atoms with E-state index in [2.05, 4.69) is 40.1 Å². The summed E-state index contributed by atoms with van der Waals surface area (Å²) < 4.78 is 0.970. The van der Waals surface area contributed by atoms with Gasteiger partial charge in [-0.3, -0.25) is 0 Å². The van der Waals surface area contributed by atoms with Crippen LogP contribution in [0.3, 0.4) is 0 Å². The largest absolute Gasteiger partial charge is 0.399 e. The highest BCUT2D eigenvalue weighted by Gasteiger charge is 2.10. The first-order valence-electron chi connectivity index (χ1n) is 5.30. The molecule has 1 unspecified atom stereocenters. The predicted molar refractivity (Wildman–Crippen MR) is 77.4 cm³/mol. The summed E-state index contributed by atoms with van der Waals surface area (Å²) in [6, 6.07) is 5.93. The van der Waals surface area contributed by atoms with E-state index >= 15 is 0 Å². The van der Waals surface area contributed by atoms with Crippen LogP contribution in [0.1, 0.15) is 22.9 Å². The van der Waals surface area contributed by atoms with Crippen LogP contribution < -0.4 is 11.1 Å². The third-order valence-corrected chi connectivity index (χ3v) is 4.13. The Morgan fingerprint density at radius 2 is 2.24 bits per heavy atom. The van der Waals surface area contributed by atoms with Crippen molar-refractivity contribution in [3.8, 4) is 0 Å². The van der Waals surface area contributed by atoms with Crippen LogP contribution in [-0.4, -0.2) is 4.98 Å². The maximum Gasteiger partial charge on any atom is 0.115 e. The van der Waals surface area contributed by atoms with E-state index < -0.39 is 0 Å². The Balaban J connectivity index is 2.15. The zero-order valence-electron chi connectivity index (χ0n) is 9.70. The minimum absolute atomic E-state index is 0.189. The van der Waals surface area contributed by atoms with Crippen LogP contribution in [0.15, 0.2) is 28.9 Å². The lowest BCUT2D eigenvalue weighted by atomic mass is 10.2. The van der Waals surface area contributed by atoms with E-state index in [1.807, 2.05) is 24.4 Å². The van der Waals surface area contributed by atoms with E-state index in [4.69, 9.17) is 5.73 Å². The SMILES string of the molecule is Cc1cnc(C(C)Nc2ccc(N)cc2Br)s1. The van der Waals surface area contributed by atoms with E-state index in [1.54, 1.807) is 11.3 Å². The van der Waals surface area contributed by atoms with Crippen molar-refractivity contribution in [1.82, 2.24) is 4.98 Å². The Morgan fingerprint density at radius 3 is 2.82 bits per heavy atom. The summed E-state index contributed by atoms with van der Waals surface area (Å²) in [6.45, 7) is 4.16. The number of aryl methyl sites for hydroxylation is 1. The number of hydrogen-bond acceptors (Lipinski definition) is 4. The number of aromatic nitrogens is 1. The zero-order chi connectivity index (χ0) is 12.4. The van der Waals surface area contributed by atoms with Gasteiger partial charge in [-0.25, -0.2) is 4.98 Å². The summed E-state index contributed by atoms with van der Waals surface area (Å²) in [6.07, 6.45) is 1.90. The van der Waals surface area contributed by atoms with Crippen molar-refractivity contribution in [3.05, 3.63) is 38.8 Å². The molecule has 3 N–H and O–H groups in total. The van der Waals surface area contributed by atoms with Crippen molar-refractivity contribution in [2.45, 2.75) is 19.9 Å². The monoisotopic (exact) mass is 311 g/mol. The van der Waals surface area contributed by atoms with Gasteiger partial charge in [-0.2, -0.15) is 0 Å². The first-order valence-corrected chi connectivity index (χ1v) is 6.91. The highest BCUT2D eigenvalue weighted by Crippen LogP contribution is 2.29. The second-order valence-corrected chi connectivity index (χ2v) is 6.04. The number of hydrogen-bond donors (Lipinski definition) is 2. The topological polar surface area (TPSA) is 50.9 Å². The summed E-state index contributed by atoms with van der Waals surface area (Å²) in [5.41, 5.74) is 7.48. The molecule has 2 rings (SSSR count). The number of nitrogens with one attached hydrogen (secondary N) is 1. The van der Waals surface area contributed by atoms with Gasteiger partial charge in [-0.15, -0.1) is 11.3 Å². The van der Waals surface area contributed by atoms with Crippen LogP contribution in [-0.2, 0) is 0 Å². The van der Waals surface area contributed by atoms with Gasteiger partial charge in [-0.1, -0.05) is 0 Å². The molecule has 0 spiro atoms. The number of anilines is 2. The molecule has 0 aliphatic rings. The van der Waals surface area contributed by atoms with Gasteiger partial charge in [0.15, 0.2) is 0 Å². The number of benzene rings is 1. The second kappa shape index (κ2) is 5.06. The standard InChI is InChI=1S/C12H14BrN3S/c1-7-6-15-12(17-7)8(2)16-11-4-3-9(14)5-10(11)13/h3-6,8,16H,14H2,1-2H3. The molecular weight excluding hydrogens is 298 g/mol. The molecule has 0 saturated carbocycles. The number of nitrogen functional groups attached to an aromatic ring is 1. The Labute approximate surface area is 113 Å². The van der Waals surface area contributed by atoms with E-state index in [9.17, 15) is 0 Å². The van der Waals surface area contributed by atoms with Gasteiger partial charge in [-0.05, 0) is 48.0 Å². The van der Waals surface area contributed by atoms with Crippen molar-refractivity contribution in [1.29, 1.82) is 0 Å². The Kier molecular flexibility index (Phi) is 3.69. The summed E-state index contributed by atoms with van der Waals surface area (Å²) in [7, 11) is 0. The van der Waals surface area contributed by atoms with E-state index in [0.29, 0.717) is 0 Å². The van der Waals surface area contributed by atoms with Gasteiger partial charge in [0, 0.05) is 26.9 Å². The minimum atomic E-state index is 0.189. The minimum Gasteiger partial charge on any atom is -0.399 e. The molecule has 0 aliphatic heterocycles. The molecule has 0 saturated heterocycles.